The molecule has 1 aromatic heterocycles. The molecule has 0 amide bonds. The maximum Gasteiger partial charge on any atom is 0.339 e. The molecule has 2 N–H and O–H groups in total. The fourth-order valence-corrected chi connectivity index (χ4v) is 3.14. The molecule has 0 atom stereocenters. The number of halogens is 2. The summed E-state index contributed by atoms with van der Waals surface area (Å²) < 4.78 is 12.4. The summed E-state index contributed by atoms with van der Waals surface area (Å²) in [6.45, 7) is 2.00. The van der Waals surface area contributed by atoms with Gasteiger partial charge in [-0.15, -0.1) is 0 Å². The first kappa shape index (κ1) is 15.9. The van der Waals surface area contributed by atoms with Crippen LogP contribution in [0.2, 0.25) is 0 Å². The van der Waals surface area contributed by atoms with Crippen LogP contribution in [0.15, 0.2) is 31.6 Å². The van der Waals surface area contributed by atoms with E-state index in [2.05, 4.69) is 37.2 Å². The van der Waals surface area contributed by atoms with Crippen LogP contribution in [0.3, 0.4) is 0 Å². The van der Waals surface area contributed by atoms with Crippen molar-refractivity contribution in [2.75, 3.05) is 12.4 Å². The van der Waals surface area contributed by atoms with Crippen LogP contribution in [-0.2, 0) is 6.54 Å². The molecule has 0 saturated heterocycles. The maximum absolute atomic E-state index is 11.0. The van der Waals surface area contributed by atoms with E-state index in [1.807, 2.05) is 12.1 Å². The van der Waals surface area contributed by atoms with Crippen molar-refractivity contribution in [1.82, 2.24) is 0 Å². The molecule has 1 aromatic carbocycles. The lowest BCUT2D eigenvalue weighted by atomic mass is 10.2. The van der Waals surface area contributed by atoms with Gasteiger partial charge in [-0.25, -0.2) is 4.79 Å². The fraction of sp³-hybridized carbons (Fsp3) is 0.214. The summed E-state index contributed by atoms with van der Waals surface area (Å²) >= 11 is 6.85. The van der Waals surface area contributed by atoms with E-state index in [1.165, 1.54) is 6.07 Å². The van der Waals surface area contributed by atoms with Crippen LogP contribution in [0.1, 0.15) is 21.9 Å². The first-order valence-electron chi connectivity index (χ1n) is 6.02. The molecule has 21 heavy (non-hydrogen) atoms. The van der Waals surface area contributed by atoms with Crippen molar-refractivity contribution in [2.45, 2.75) is 13.5 Å². The third kappa shape index (κ3) is 3.59. The molecular weight excluding hydrogens is 406 g/mol. The van der Waals surface area contributed by atoms with Gasteiger partial charge in [0.05, 0.1) is 23.8 Å². The molecule has 0 aliphatic rings. The molecule has 0 fully saturated rings. The van der Waals surface area contributed by atoms with Gasteiger partial charge < -0.3 is 19.6 Å². The summed E-state index contributed by atoms with van der Waals surface area (Å²) in [5.74, 6) is 0.655. The molecule has 0 spiro atoms. The first-order chi connectivity index (χ1) is 9.92. The Hall–Kier alpha value is -1.47. The van der Waals surface area contributed by atoms with Gasteiger partial charge in [-0.05, 0) is 50.9 Å². The summed E-state index contributed by atoms with van der Waals surface area (Å²) in [6.07, 6.45) is 0. The van der Waals surface area contributed by atoms with Crippen LogP contribution in [0.4, 0.5) is 5.69 Å². The van der Waals surface area contributed by atoms with E-state index in [0.29, 0.717) is 23.8 Å². The van der Waals surface area contributed by atoms with Crippen molar-refractivity contribution in [1.29, 1.82) is 0 Å². The summed E-state index contributed by atoms with van der Waals surface area (Å²) in [5.41, 5.74) is 1.00. The molecule has 2 rings (SSSR count). The minimum Gasteiger partial charge on any atom is -0.495 e. The van der Waals surface area contributed by atoms with Gasteiger partial charge in [-0.3, -0.25) is 0 Å². The number of methoxy groups -OCH3 is 1. The second-order valence-electron chi connectivity index (χ2n) is 4.31. The van der Waals surface area contributed by atoms with Crippen molar-refractivity contribution in [2.24, 2.45) is 0 Å². The van der Waals surface area contributed by atoms with Gasteiger partial charge in [0.15, 0.2) is 0 Å². The SMILES string of the molecule is COc1cc(NCc2cc(C(=O)O)c(C)o2)c(Br)cc1Br. The van der Waals surface area contributed by atoms with E-state index in [4.69, 9.17) is 14.3 Å². The zero-order chi connectivity index (χ0) is 15.6. The zero-order valence-electron chi connectivity index (χ0n) is 11.4. The third-order valence-electron chi connectivity index (χ3n) is 2.89. The number of aryl methyl sites for hydroxylation is 1. The lowest BCUT2D eigenvalue weighted by Crippen LogP contribution is -2.00. The minimum atomic E-state index is -0.992. The highest BCUT2D eigenvalue weighted by molar-refractivity contribution is 9.11. The van der Waals surface area contributed by atoms with Crippen molar-refractivity contribution < 1.29 is 19.1 Å². The number of carboxylic acids is 1. The number of carbonyl (C=O) groups is 1. The predicted octanol–water partition coefficient (Wildman–Crippen LogP) is 4.43. The molecular formula is C14H13Br2NO4. The van der Waals surface area contributed by atoms with Crippen molar-refractivity contribution >= 4 is 43.5 Å². The fourth-order valence-electron chi connectivity index (χ4n) is 1.85. The molecule has 0 unspecified atom stereocenters. The first-order valence-corrected chi connectivity index (χ1v) is 7.60. The standard InChI is InChI=1S/C14H13Br2NO4/c1-7-9(14(18)19)3-8(21-7)6-17-12-5-13(20-2)11(16)4-10(12)15/h3-5,17H,6H2,1-2H3,(H,18,19). The average molecular weight is 419 g/mol. The van der Waals surface area contributed by atoms with E-state index < -0.39 is 5.97 Å². The van der Waals surface area contributed by atoms with Gasteiger partial charge in [-0.2, -0.15) is 0 Å². The Labute approximate surface area is 138 Å². The molecule has 112 valence electrons. The molecule has 0 radical (unpaired) electrons. The molecule has 7 heteroatoms. The summed E-state index contributed by atoms with van der Waals surface area (Å²) in [4.78, 5) is 11.0. The highest BCUT2D eigenvalue weighted by atomic mass is 79.9. The lowest BCUT2D eigenvalue weighted by Gasteiger charge is -2.11. The second kappa shape index (κ2) is 6.53. The number of anilines is 1. The third-order valence-corrected chi connectivity index (χ3v) is 4.17. The number of rotatable bonds is 5. The van der Waals surface area contributed by atoms with Gasteiger partial charge in [0.2, 0.25) is 0 Å². The Bertz CT molecular complexity index is 682. The van der Waals surface area contributed by atoms with Crippen molar-refractivity contribution in [3.05, 3.63) is 44.2 Å². The maximum atomic E-state index is 11.0. The normalized spacial score (nSPS) is 10.5. The van der Waals surface area contributed by atoms with Crippen LogP contribution in [-0.4, -0.2) is 18.2 Å². The van der Waals surface area contributed by atoms with Gasteiger partial charge in [0.1, 0.15) is 22.8 Å². The number of nitrogens with one attached hydrogen (secondary N) is 1. The number of carboxylic acid groups (broad SMARTS) is 1. The van der Waals surface area contributed by atoms with Gasteiger partial charge in [0.25, 0.3) is 0 Å². The number of ether oxygens (including phenoxy) is 1. The van der Waals surface area contributed by atoms with Gasteiger partial charge in [0, 0.05) is 10.5 Å². The Morgan fingerprint density at radius 1 is 1.33 bits per heavy atom. The number of furan rings is 1. The number of aromatic carboxylic acids is 1. The van der Waals surface area contributed by atoms with Gasteiger partial charge in [-0.1, -0.05) is 0 Å². The Kier molecular flexibility index (Phi) is 4.95. The topological polar surface area (TPSA) is 71.7 Å². The van der Waals surface area contributed by atoms with Crippen LogP contribution in [0.5, 0.6) is 5.75 Å². The molecule has 2 aromatic rings. The van der Waals surface area contributed by atoms with Crippen molar-refractivity contribution in [3.8, 4) is 5.75 Å². The Morgan fingerprint density at radius 3 is 2.62 bits per heavy atom. The van der Waals surface area contributed by atoms with E-state index >= 15 is 0 Å². The second-order valence-corrected chi connectivity index (χ2v) is 6.02. The highest BCUT2D eigenvalue weighted by Gasteiger charge is 2.14. The molecule has 0 saturated carbocycles. The van der Waals surface area contributed by atoms with Crippen LogP contribution >= 0.6 is 31.9 Å². The largest absolute Gasteiger partial charge is 0.495 e. The number of hydrogen-bond donors (Lipinski definition) is 2. The predicted molar refractivity (Wildman–Crippen MR) is 86.1 cm³/mol. The monoisotopic (exact) mass is 417 g/mol. The Morgan fingerprint density at radius 2 is 2.05 bits per heavy atom. The number of hydrogen-bond acceptors (Lipinski definition) is 4. The van der Waals surface area contributed by atoms with Gasteiger partial charge >= 0.3 is 5.97 Å². The molecule has 1 heterocycles. The highest BCUT2D eigenvalue weighted by Crippen LogP contribution is 2.34. The molecule has 5 nitrogen and oxygen atoms in total. The smallest absolute Gasteiger partial charge is 0.339 e. The Balaban J connectivity index is 2.16. The van der Waals surface area contributed by atoms with Crippen LogP contribution in [0, 0.1) is 6.92 Å². The molecule has 0 aliphatic carbocycles. The lowest BCUT2D eigenvalue weighted by molar-refractivity contribution is 0.0695. The zero-order valence-corrected chi connectivity index (χ0v) is 14.5. The van der Waals surface area contributed by atoms with E-state index in [-0.39, 0.29) is 5.56 Å². The minimum absolute atomic E-state index is 0.180. The van der Waals surface area contributed by atoms with E-state index in [1.54, 1.807) is 14.0 Å². The van der Waals surface area contributed by atoms with Crippen LogP contribution in [0.25, 0.3) is 0 Å². The molecule has 0 aliphatic heterocycles. The summed E-state index contributed by atoms with van der Waals surface area (Å²) in [7, 11) is 1.59. The summed E-state index contributed by atoms with van der Waals surface area (Å²) in [5, 5.41) is 12.2. The molecule has 0 bridgehead atoms. The quantitative estimate of drug-likeness (QED) is 0.751. The van der Waals surface area contributed by atoms with Crippen molar-refractivity contribution in [3.63, 3.8) is 0 Å². The van der Waals surface area contributed by atoms with E-state index in [9.17, 15) is 4.79 Å². The van der Waals surface area contributed by atoms with E-state index in [0.717, 1.165) is 14.6 Å². The van der Waals surface area contributed by atoms with Crippen LogP contribution < -0.4 is 10.1 Å². The number of benzene rings is 1. The summed E-state index contributed by atoms with van der Waals surface area (Å²) in [6, 6.07) is 5.23. The average Bonchev–Trinajstić information content (AvgIpc) is 2.79.